The van der Waals surface area contributed by atoms with Crippen molar-refractivity contribution in [1.29, 1.82) is 0 Å². The second kappa shape index (κ2) is 12.8. The first-order valence-corrected chi connectivity index (χ1v) is 11.1. The molecule has 0 aliphatic rings. The van der Waals surface area contributed by atoms with Crippen molar-refractivity contribution in [3.8, 4) is 11.5 Å². The molecule has 36 heavy (non-hydrogen) atoms. The zero-order chi connectivity index (χ0) is 25.9. The fourth-order valence-corrected chi connectivity index (χ4v) is 3.42. The molecule has 0 heterocycles. The summed E-state index contributed by atoms with van der Waals surface area (Å²) in [4.78, 5) is 36.6. The molecular weight excluding hydrogens is 456 g/mol. The number of benzene rings is 4. The van der Waals surface area contributed by atoms with Gasteiger partial charge in [0.2, 0.25) is 0 Å². The van der Waals surface area contributed by atoms with E-state index in [1.807, 2.05) is 18.2 Å². The molecule has 4 rings (SSSR count). The van der Waals surface area contributed by atoms with Gasteiger partial charge in [-0.1, -0.05) is 91.0 Å². The van der Waals surface area contributed by atoms with E-state index in [0.717, 1.165) is 0 Å². The molecule has 0 saturated carbocycles. The molecule has 0 atom stereocenters. The molecule has 1 N–H and O–H groups in total. The van der Waals surface area contributed by atoms with Crippen molar-refractivity contribution in [1.82, 2.24) is 0 Å². The molecule has 4 aromatic carbocycles. The SMILES string of the molecule is COC(C(=O)c1ccccc1)C(=O)c1ccccc1.COc1ccc(C(=O)c2ccccc2)c(O)c1. The Kier molecular flexibility index (Phi) is 9.26. The van der Waals surface area contributed by atoms with Crippen LogP contribution < -0.4 is 4.74 Å². The van der Waals surface area contributed by atoms with E-state index in [9.17, 15) is 19.5 Å². The summed E-state index contributed by atoms with van der Waals surface area (Å²) in [6, 6.07) is 30.8. The van der Waals surface area contributed by atoms with Gasteiger partial charge in [0, 0.05) is 29.9 Å². The van der Waals surface area contributed by atoms with E-state index in [-0.39, 0.29) is 28.7 Å². The normalized spacial score (nSPS) is 10.2. The van der Waals surface area contributed by atoms with Gasteiger partial charge in [0.15, 0.2) is 23.5 Å². The van der Waals surface area contributed by atoms with Gasteiger partial charge in [-0.25, -0.2) is 0 Å². The van der Waals surface area contributed by atoms with Gasteiger partial charge < -0.3 is 14.6 Å². The van der Waals surface area contributed by atoms with Crippen LogP contribution in [0.5, 0.6) is 11.5 Å². The maximum atomic E-state index is 12.2. The summed E-state index contributed by atoms with van der Waals surface area (Å²) in [6.45, 7) is 0. The highest BCUT2D eigenvalue weighted by atomic mass is 16.5. The third-order valence-electron chi connectivity index (χ3n) is 5.31. The molecule has 0 bridgehead atoms. The van der Waals surface area contributed by atoms with Crippen molar-refractivity contribution >= 4 is 17.3 Å². The summed E-state index contributed by atoms with van der Waals surface area (Å²) in [5.74, 6) is -0.398. The quantitative estimate of drug-likeness (QED) is 0.267. The topological polar surface area (TPSA) is 89.9 Å². The van der Waals surface area contributed by atoms with Gasteiger partial charge in [-0.15, -0.1) is 0 Å². The first-order valence-electron chi connectivity index (χ1n) is 11.1. The van der Waals surface area contributed by atoms with E-state index >= 15 is 0 Å². The molecule has 4 aromatic rings. The molecule has 182 valence electrons. The van der Waals surface area contributed by atoms with Crippen LogP contribution in [0.2, 0.25) is 0 Å². The number of Topliss-reactive ketones (excluding diaryl/α,β-unsaturated/α-hetero) is 2. The molecule has 0 spiro atoms. The second-order valence-corrected chi connectivity index (χ2v) is 7.65. The molecule has 0 amide bonds. The first-order chi connectivity index (χ1) is 17.5. The predicted octanol–water partition coefficient (Wildman–Crippen LogP) is 5.40. The summed E-state index contributed by atoms with van der Waals surface area (Å²) in [7, 11) is 2.87. The van der Waals surface area contributed by atoms with Gasteiger partial charge in [0.1, 0.15) is 11.5 Å². The van der Waals surface area contributed by atoms with Crippen LogP contribution in [0.1, 0.15) is 36.6 Å². The van der Waals surface area contributed by atoms with Crippen molar-refractivity contribution in [2.45, 2.75) is 6.10 Å². The number of phenolic OH excluding ortho intramolecular Hbond substituents is 1. The summed E-state index contributed by atoms with van der Waals surface area (Å²) in [5.41, 5.74) is 1.77. The third-order valence-corrected chi connectivity index (χ3v) is 5.31. The van der Waals surface area contributed by atoms with E-state index in [4.69, 9.17) is 9.47 Å². The fraction of sp³-hybridized carbons (Fsp3) is 0.100. The van der Waals surface area contributed by atoms with E-state index in [1.165, 1.54) is 20.3 Å². The van der Waals surface area contributed by atoms with Crippen LogP contribution in [0.4, 0.5) is 0 Å². The number of rotatable bonds is 8. The van der Waals surface area contributed by atoms with Crippen molar-refractivity contribution in [3.05, 3.63) is 131 Å². The van der Waals surface area contributed by atoms with Crippen LogP contribution in [0.25, 0.3) is 0 Å². The number of ketones is 3. The average molecular weight is 483 g/mol. The highest BCUT2D eigenvalue weighted by Crippen LogP contribution is 2.25. The third kappa shape index (κ3) is 6.52. The van der Waals surface area contributed by atoms with Crippen molar-refractivity contribution < 1.29 is 29.0 Å². The minimum Gasteiger partial charge on any atom is -0.507 e. The summed E-state index contributed by atoms with van der Waals surface area (Å²) >= 11 is 0. The number of hydrogen-bond acceptors (Lipinski definition) is 6. The minimum atomic E-state index is -1.09. The molecule has 0 aliphatic carbocycles. The summed E-state index contributed by atoms with van der Waals surface area (Å²) in [6.07, 6.45) is -1.09. The van der Waals surface area contributed by atoms with E-state index in [0.29, 0.717) is 22.4 Å². The zero-order valence-electron chi connectivity index (χ0n) is 20.0. The van der Waals surface area contributed by atoms with E-state index in [2.05, 4.69) is 0 Å². The van der Waals surface area contributed by atoms with E-state index < -0.39 is 6.10 Å². The van der Waals surface area contributed by atoms with Gasteiger partial charge in [-0.2, -0.15) is 0 Å². The Morgan fingerprint density at radius 2 is 1.08 bits per heavy atom. The Bertz CT molecular complexity index is 1250. The largest absolute Gasteiger partial charge is 0.507 e. The average Bonchev–Trinajstić information content (AvgIpc) is 2.94. The van der Waals surface area contributed by atoms with Crippen LogP contribution in [0.15, 0.2) is 109 Å². The number of aromatic hydroxyl groups is 1. The lowest BCUT2D eigenvalue weighted by molar-refractivity contribution is 0.0513. The Labute approximate surface area is 209 Å². The van der Waals surface area contributed by atoms with Crippen molar-refractivity contribution in [2.75, 3.05) is 14.2 Å². The Morgan fingerprint density at radius 3 is 1.47 bits per heavy atom. The molecular formula is C30H26O6. The van der Waals surface area contributed by atoms with Gasteiger partial charge in [0.05, 0.1) is 12.7 Å². The zero-order valence-corrected chi connectivity index (χ0v) is 20.0. The van der Waals surface area contributed by atoms with Crippen molar-refractivity contribution in [3.63, 3.8) is 0 Å². The Balaban J connectivity index is 0.000000202. The summed E-state index contributed by atoms with van der Waals surface area (Å²) < 4.78 is 10.0. The number of carbonyl (C=O) groups excluding carboxylic acids is 3. The monoisotopic (exact) mass is 482 g/mol. The molecule has 0 unspecified atom stereocenters. The minimum absolute atomic E-state index is 0.0711. The van der Waals surface area contributed by atoms with Crippen LogP contribution in [-0.4, -0.2) is 42.8 Å². The number of carbonyl (C=O) groups is 3. The molecule has 6 heteroatoms. The maximum Gasteiger partial charge on any atom is 0.199 e. The fourth-order valence-electron chi connectivity index (χ4n) is 3.42. The van der Waals surface area contributed by atoms with Crippen LogP contribution >= 0.6 is 0 Å². The molecule has 0 fully saturated rings. The lowest BCUT2D eigenvalue weighted by Gasteiger charge is -2.13. The molecule has 6 nitrogen and oxygen atoms in total. The van der Waals surface area contributed by atoms with Crippen molar-refractivity contribution in [2.24, 2.45) is 0 Å². The number of ether oxygens (including phenoxy) is 2. The van der Waals surface area contributed by atoms with Crippen LogP contribution in [0, 0.1) is 0 Å². The number of hydrogen-bond donors (Lipinski definition) is 1. The first kappa shape index (κ1) is 26.1. The molecule has 0 aliphatic heterocycles. The maximum absolute atomic E-state index is 12.2. The van der Waals surface area contributed by atoms with Crippen LogP contribution in [0.3, 0.4) is 0 Å². The lowest BCUT2D eigenvalue weighted by Crippen LogP contribution is -2.32. The second-order valence-electron chi connectivity index (χ2n) is 7.65. The Morgan fingerprint density at radius 1 is 0.639 bits per heavy atom. The number of phenols is 1. The van der Waals surface area contributed by atoms with Gasteiger partial charge in [-0.3, -0.25) is 14.4 Å². The highest BCUT2D eigenvalue weighted by Gasteiger charge is 2.28. The summed E-state index contributed by atoms with van der Waals surface area (Å²) in [5, 5.41) is 9.75. The van der Waals surface area contributed by atoms with Gasteiger partial charge in [0.25, 0.3) is 0 Å². The molecule has 0 aromatic heterocycles. The van der Waals surface area contributed by atoms with E-state index in [1.54, 1.807) is 84.9 Å². The lowest BCUT2D eigenvalue weighted by atomic mass is 9.98. The number of methoxy groups -OCH3 is 2. The smallest absolute Gasteiger partial charge is 0.199 e. The Hall–Kier alpha value is -4.55. The van der Waals surface area contributed by atoms with Crippen LogP contribution in [-0.2, 0) is 4.74 Å². The molecule has 0 saturated heterocycles. The van der Waals surface area contributed by atoms with Gasteiger partial charge >= 0.3 is 0 Å². The van der Waals surface area contributed by atoms with Gasteiger partial charge in [-0.05, 0) is 12.1 Å². The standard InChI is InChI=1S/C16H14O3.C14H12O3/c1-19-16(14(17)12-8-4-2-5-9-12)15(18)13-10-6-3-7-11-13;1-17-11-7-8-12(13(15)9-11)14(16)10-5-3-2-4-6-10/h2-11,16H,1H3;2-9,15H,1H3. The highest BCUT2D eigenvalue weighted by molar-refractivity contribution is 6.18. The molecule has 0 radical (unpaired) electrons. The predicted molar refractivity (Wildman–Crippen MR) is 137 cm³/mol.